The number of carboxylic acids is 1. The average molecular weight is 284 g/mol. The van der Waals surface area contributed by atoms with Crippen molar-refractivity contribution in [2.75, 3.05) is 0 Å². The van der Waals surface area contributed by atoms with Crippen LogP contribution in [0.1, 0.15) is 16.2 Å². The second-order valence-corrected chi connectivity index (χ2v) is 3.77. The molecule has 0 saturated heterocycles. The number of hydrogen-bond acceptors (Lipinski definition) is 5. The fraction of sp³-hybridized carbons (Fsp3) is 0.0909. The van der Waals surface area contributed by atoms with E-state index in [4.69, 9.17) is 9.52 Å². The number of aromatic carboxylic acids is 1. The molecular weight excluding hydrogens is 278 g/mol. The van der Waals surface area contributed by atoms with Gasteiger partial charge >= 0.3 is 11.7 Å². The van der Waals surface area contributed by atoms with Crippen LogP contribution in [0, 0.1) is 28.7 Å². The third-order valence-corrected chi connectivity index (χ3v) is 2.44. The largest absolute Gasteiger partial charge is 0.476 e. The van der Waals surface area contributed by atoms with Gasteiger partial charge in [0.05, 0.1) is 16.6 Å². The van der Waals surface area contributed by atoms with E-state index in [-0.39, 0.29) is 5.76 Å². The standard InChI is InChI=1S/C11H6F2N2O5/c1-4-9(11(16)17)14-10(20-4)6-2-5(12)3-7(8(6)13)15(18)19/h2-3H,1H3,(H,16,17). The number of rotatable bonds is 3. The molecule has 0 aliphatic heterocycles. The Morgan fingerprint density at radius 1 is 1.45 bits per heavy atom. The monoisotopic (exact) mass is 284 g/mol. The molecule has 0 saturated carbocycles. The Bertz CT molecular complexity index is 726. The molecule has 9 heteroatoms. The van der Waals surface area contributed by atoms with Crippen molar-refractivity contribution in [1.82, 2.24) is 4.98 Å². The zero-order valence-corrected chi connectivity index (χ0v) is 9.89. The van der Waals surface area contributed by atoms with Crippen molar-refractivity contribution in [1.29, 1.82) is 0 Å². The Kier molecular flexibility index (Phi) is 3.18. The summed E-state index contributed by atoms with van der Waals surface area (Å²) in [6.45, 7) is 1.27. The summed E-state index contributed by atoms with van der Waals surface area (Å²) >= 11 is 0. The van der Waals surface area contributed by atoms with Gasteiger partial charge in [0.2, 0.25) is 11.7 Å². The topological polar surface area (TPSA) is 106 Å². The minimum atomic E-state index is -1.41. The number of nitro benzene ring substituents is 1. The highest BCUT2D eigenvalue weighted by Crippen LogP contribution is 2.30. The molecular formula is C11H6F2N2O5. The van der Waals surface area contributed by atoms with E-state index in [1.54, 1.807) is 0 Å². The molecule has 20 heavy (non-hydrogen) atoms. The fourth-order valence-electron chi connectivity index (χ4n) is 1.57. The molecule has 1 N–H and O–H groups in total. The lowest BCUT2D eigenvalue weighted by Crippen LogP contribution is -1.99. The molecule has 0 spiro atoms. The molecule has 104 valence electrons. The van der Waals surface area contributed by atoms with Crippen LogP contribution in [0.2, 0.25) is 0 Å². The van der Waals surface area contributed by atoms with Gasteiger partial charge in [-0.2, -0.15) is 4.39 Å². The number of nitrogens with zero attached hydrogens (tertiary/aromatic N) is 2. The smallest absolute Gasteiger partial charge is 0.358 e. The van der Waals surface area contributed by atoms with E-state index < -0.39 is 45.4 Å². The van der Waals surface area contributed by atoms with Crippen LogP contribution in [-0.2, 0) is 0 Å². The molecule has 0 unspecified atom stereocenters. The fourth-order valence-corrected chi connectivity index (χ4v) is 1.57. The quantitative estimate of drug-likeness (QED) is 0.685. The number of benzene rings is 1. The lowest BCUT2D eigenvalue weighted by Gasteiger charge is -2.00. The van der Waals surface area contributed by atoms with Crippen molar-refractivity contribution in [2.24, 2.45) is 0 Å². The summed E-state index contributed by atoms with van der Waals surface area (Å²) in [7, 11) is 0. The summed E-state index contributed by atoms with van der Waals surface area (Å²) in [5, 5.41) is 19.4. The molecule has 0 bridgehead atoms. The van der Waals surface area contributed by atoms with E-state index in [9.17, 15) is 23.7 Å². The molecule has 0 amide bonds. The summed E-state index contributed by atoms with van der Waals surface area (Å²) in [4.78, 5) is 23.8. The third kappa shape index (κ3) is 2.20. The third-order valence-electron chi connectivity index (χ3n) is 2.44. The number of aromatic nitrogens is 1. The Morgan fingerprint density at radius 2 is 2.10 bits per heavy atom. The molecule has 2 aromatic rings. The van der Waals surface area contributed by atoms with E-state index in [0.717, 1.165) is 0 Å². The Hall–Kier alpha value is -2.84. The number of hydrogen-bond donors (Lipinski definition) is 1. The van der Waals surface area contributed by atoms with Gasteiger partial charge in [0.1, 0.15) is 11.6 Å². The van der Waals surface area contributed by atoms with Gasteiger partial charge in [0.25, 0.3) is 0 Å². The highest BCUT2D eigenvalue weighted by molar-refractivity contribution is 5.87. The van der Waals surface area contributed by atoms with Crippen molar-refractivity contribution in [2.45, 2.75) is 6.92 Å². The lowest BCUT2D eigenvalue weighted by atomic mass is 10.1. The molecule has 0 fully saturated rings. The highest BCUT2D eigenvalue weighted by Gasteiger charge is 2.25. The van der Waals surface area contributed by atoms with Gasteiger partial charge in [-0.1, -0.05) is 0 Å². The molecule has 2 rings (SSSR count). The van der Waals surface area contributed by atoms with Crippen LogP contribution in [-0.4, -0.2) is 21.0 Å². The van der Waals surface area contributed by atoms with Crippen molar-refractivity contribution < 1.29 is 28.0 Å². The number of aryl methyl sites for hydroxylation is 1. The van der Waals surface area contributed by atoms with E-state index in [2.05, 4.69) is 4.98 Å². The maximum atomic E-state index is 13.9. The number of oxazole rings is 1. The Labute approximate surface area is 109 Å². The summed E-state index contributed by atoms with van der Waals surface area (Å²) < 4.78 is 32.0. The van der Waals surface area contributed by atoms with Crippen LogP contribution < -0.4 is 0 Å². The van der Waals surface area contributed by atoms with Gasteiger partial charge in [-0.25, -0.2) is 14.2 Å². The van der Waals surface area contributed by atoms with Gasteiger partial charge in [0, 0.05) is 0 Å². The minimum Gasteiger partial charge on any atom is -0.476 e. The van der Waals surface area contributed by atoms with Crippen LogP contribution in [0.25, 0.3) is 11.5 Å². The van der Waals surface area contributed by atoms with E-state index >= 15 is 0 Å². The van der Waals surface area contributed by atoms with Crippen molar-refractivity contribution in [3.8, 4) is 11.5 Å². The zero-order valence-electron chi connectivity index (χ0n) is 9.89. The molecule has 7 nitrogen and oxygen atoms in total. The number of halogens is 2. The van der Waals surface area contributed by atoms with Gasteiger partial charge in [-0.15, -0.1) is 0 Å². The second-order valence-electron chi connectivity index (χ2n) is 3.77. The summed E-state index contributed by atoms with van der Waals surface area (Å²) in [6.07, 6.45) is 0. The first-order chi connectivity index (χ1) is 9.31. The number of carboxylic acid groups (broad SMARTS) is 1. The van der Waals surface area contributed by atoms with Gasteiger partial charge in [0.15, 0.2) is 5.69 Å². The van der Waals surface area contributed by atoms with E-state index in [1.807, 2.05) is 0 Å². The maximum absolute atomic E-state index is 13.9. The Morgan fingerprint density at radius 3 is 2.60 bits per heavy atom. The van der Waals surface area contributed by atoms with Crippen molar-refractivity contribution in [3.63, 3.8) is 0 Å². The highest BCUT2D eigenvalue weighted by atomic mass is 19.1. The van der Waals surface area contributed by atoms with Crippen molar-refractivity contribution in [3.05, 3.63) is 45.3 Å². The summed E-state index contributed by atoms with van der Waals surface area (Å²) in [5.74, 6) is -4.50. The Balaban J connectivity index is 2.67. The van der Waals surface area contributed by atoms with Crippen LogP contribution in [0.3, 0.4) is 0 Å². The number of nitro groups is 1. The minimum absolute atomic E-state index is 0.126. The maximum Gasteiger partial charge on any atom is 0.358 e. The molecule has 0 atom stereocenters. The van der Waals surface area contributed by atoms with Crippen molar-refractivity contribution >= 4 is 11.7 Å². The molecule has 0 aliphatic carbocycles. The first-order valence-electron chi connectivity index (χ1n) is 5.15. The summed E-state index contributed by atoms with van der Waals surface area (Å²) in [5.41, 5.74) is -2.19. The lowest BCUT2D eigenvalue weighted by molar-refractivity contribution is -0.387. The van der Waals surface area contributed by atoms with Crippen LogP contribution in [0.4, 0.5) is 14.5 Å². The van der Waals surface area contributed by atoms with Crippen LogP contribution in [0.5, 0.6) is 0 Å². The first kappa shape index (κ1) is 13.6. The van der Waals surface area contributed by atoms with Gasteiger partial charge < -0.3 is 9.52 Å². The molecule has 0 radical (unpaired) electrons. The average Bonchev–Trinajstić information content (AvgIpc) is 2.73. The predicted molar refractivity (Wildman–Crippen MR) is 60.2 cm³/mol. The molecule has 1 aromatic carbocycles. The van der Waals surface area contributed by atoms with Crippen LogP contribution >= 0.6 is 0 Å². The predicted octanol–water partition coefficient (Wildman–Crippen LogP) is 2.53. The summed E-state index contributed by atoms with van der Waals surface area (Å²) in [6, 6.07) is 1.05. The van der Waals surface area contributed by atoms with Crippen LogP contribution in [0.15, 0.2) is 16.5 Å². The van der Waals surface area contributed by atoms with E-state index in [0.29, 0.717) is 12.1 Å². The molecule has 1 heterocycles. The molecule has 0 aliphatic rings. The first-order valence-corrected chi connectivity index (χ1v) is 5.15. The normalized spacial score (nSPS) is 10.6. The second kappa shape index (κ2) is 4.68. The zero-order chi connectivity index (χ0) is 15.0. The number of carbonyl (C=O) groups is 1. The molecule has 1 aromatic heterocycles. The van der Waals surface area contributed by atoms with E-state index in [1.165, 1.54) is 6.92 Å². The van der Waals surface area contributed by atoms with Gasteiger partial charge in [-0.05, 0) is 13.0 Å². The SMILES string of the molecule is Cc1oc(-c2cc(F)cc([N+](=O)[O-])c2F)nc1C(=O)O. The van der Waals surface area contributed by atoms with Gasteiger partial charge in [-0.3, -0.25) is 10.1 Å².